The van der Waals surface area contributed by atoms with Crippen molar-refractivity contribution >= 4 is 17.5 Å². The summed E-state index contributed by atoms with van der Waals surface area (Å²) in [6, 6.07) is 7.72. The molecule has 2 aromatic heterocycles. The lowest BCUT2D eigenvalue weighted by molar-refractivity contribution is -0.124. The fourth-order valence-electron chi connectivity index (χ4n) is 2.81. The maximum absolute atomic E-state index is 15.2. The first-order chi connectivity index (χ1) is 14.8. The molecule has 0 atom stereocenters. The fourth-order valence-corrected chi connectivity index (χ4v) is 3.04. The molecule has 0 bridgehead atoms. The molecule has 0 radical (unpaired) electrons. The number of hydrogen-bond acceptors (Lipinski definition) is 4. The fraction of sp³-hybridized carbons (Fsp3) is 0.217. The number of pyridine rings is 1. The van der Waals surface area contributed by atoms with Crippen molar-refractivity contribution in [3.8, 4) is 34.5 Å². The van der Waals surface area contributed by atoms with E-state index in [-0.39, 0.29) is 40.3 Å². The molecule has 6 nitrogen and oxygen atoms in total. The molecule has 2 heterocycles. The molecule has 158 valence electrons. The molecule has 0 aliphatic carbocycles. The quantitative estimate of drug-likeness (QED) is 0.591. The van der Waals surface area contributed by atoms with E-state index in [1.165, 1.54) is 18.2 Å². The standard InChI is InChI=1S/C23H20ClFN4O2/c1-4-5-16-8-6-14(11-26-16)18-10-19(30)29-22(28-18)20-17(24)9-7-15(21(20)25)12-27-23(31)13(2)3/h6-11,13H,12H2,1-3H3,(H,27,31)(H,28,29,30). The highest BCUT2D eigenvalue weighted by Crippen LogP contribution is 2.31. The Morgan fingerprint density at radius 3 is 2.71 bits per heavy atom. The van der Waals surface area contributed by atoms with Gasteiger partial charge >= 0.3 is 0 Å². The number of hydrogen-bond donors (Lipinski definition) is 2. The molecule has 0 unspecified atom stereocenters. The van der Waals surface area contributed by atoms with E-state index >= 15 is 4.39 Å². The van der Waals surface area contributed by atoms with Gasteiger partial charge in [0.1, 0.15) is 17.3 Å². The minimum absolute atomic E-state index is 0.0131. The molecular formula is C23H20ClFN4O2. The number of benzene rings is 1. The van der Waals surface area contributed by atoms with Gasteiger partial charge in [-0.25, -0.2) is 14.4 Å². The van der Waals surface area contributed by atoms with E-state index in [0.717, 1.165) is 0 Å². The Morgan fingerprint density at radius 2 is 2.06 bits per heavy atom. The second-order valence-electron chi connectivity index (χ2n) is 7.05. The molecule has 8 heteroatoms. The average molecular weight is 439 g/mol. The number of halogens is 2. The van der Waals surface area contributed by atoms with Crippen molar-refractivity contribution in [1.82, 2.24) is 20.3 Å². The van der Waals surface area contributed by atoms with Crippen LogP contribution in [0.2, 0.25) is 5.02 Å². The molecule has 3 rings (SSSR count). The third-order valence-corrected chi connectivity index (χ3v) is 4.75. The van der Waals surface area contributed by atoms with Gasteiger partial charge < -0.3 is 10.3 Å². The summed E-state index contributed by atoms with van der Waals surface area (Å²) in [6.07, 6.45) is 1.54. The minimum atomic E-state index is -0.663. The van der Waals surface area contributed by atoms with Gasteiger partial charge in [0.15, 0.2) is 0 Å². The maximum Gasteiger partial charge on any atom is 0.251 e. The number of aromatic amines is 1. The van der Waals surface area contributed by atoms with Crippen molar-refractivity contribution in [3.63, 3.8) is 0 Å². The largest absolute Gasteiger partial charge is 0.352 e. The number of H-pyrrole nitrogens is 1. The highest BCUT2D eigenvalue weighted by molar-refractivity contribution is 6.33. The first-order valence-electron chi connectivity index (χ1n) is 9.55. The van der Waals surface area contributed by atoms with Gasteiger partial charge in [-0.1, -0.05) is 37.4 Å². The smallest absolute Gasteiger partial charge is 0.251 e. The van der Waals surface area contributed by atoms with Gasteiger partial charge in [0.05, 0.1) is 16.3 Å². The highest BCUT2D eigenvalue weighted by atomic mass is 35.5. The SMILES string of the molecule is CC#Cc1ccc(-c2cc(=O)[nH]c(-c3c(Cl)ccc(CNC(=O)C(C)C)c3F)n2)cn1. The predicted molar refractivity (Wildman–Crippen MR) is 118 cm³/mol. The molecule has 3 aromatic rings. The summed E-state index contributed by atoms with van der Waals surface area (Å²) in [5, 5.41) is 2.75. The van der Waals surface area contributed by atoms with Crippen LogP contribution in [0.4, 0.5) is 4.39 Å². The van der Waals surface area contributed by atoms with Crippen LogP contribution >= 0.6 is 11.6 Å². The topological polar surface area (TPSA) is 87.7 Å². The van der Waals surface area contributed by atoms with Crippen LogP contribution in [0.25, 0.3) is 22.6 Å². The second-order valence-corrected chi connectivity index (χ2v) is 7.46. The lowest BCUT2D eigenvalue weighted by Crippen LogP contribution is -2.27. The monoisotopic (exact) mass is 438 g/mol. The molecule has 31 heavy (non-hydrogen) atoms. The summed E-state index contributed by atoms with van der Waals surface area (Å²) in [4.78, 5) is 35.2. The van der Waals surface area contributed by atoms with E-state index in [4.69, 9.17) is 11.6 Å². The van der Waals surface area contributed by atoms with Crippen LogP contribution in [0, 0.1) is 23.6 Å². The average Bonchev–Trinajstić information content (AvgIpc) is 2.73. The van der Waals surface area contributed by atoms with E-state index < -0.39 is 11.4 Å². The van der Waals surface area contributed by atoms with Crippen LogP contribution in [-0.2, 0) is 11.3 Å². The van der Waals surface area contributed by atoms with Crippen LogP contribution < -0.4 is 10.9 Å². The van der Waals surface area contributed by atoms with Crippen LogP contribution in [0.5, 0.6) is 0 Å². The Morgan fingerprint density at radius 1 is 1.29 bits per heavy atom. The zero-order valence-electron chi connectivity index (χ0n) is 17.2. The van der Waals surface area contributed by atoms with E-state index in [2.05, 4.69) is 32.1 Å². The summed E-state index contributed by atoms with van der Waals surface area (Å²) in [6.45, 7) is 5.19. The number of rotatable bonds is 5. The Labute approximate surface area is 183 Å². The van der Waals surface area contributed by atoms with Gasteiger partial charge in [0, 0.05) is 35.9 Å². The van der Waals surface area contributed by atoms with E-state index in [1.54, 1.807) is 39.1 Å². The van der Waals surface area contributed by atoms with E-state index in [0.29, 0.717) is 17.0 Å². The maximum atomic E-state index is 15.2. The van der Waals surface area contributed by atoms with Gasteiger partial charge in [0.2, 0.25) is 5.91 Å². The molecule has 0 fully saturated rings. The lowest BCUT2D eigenvalue weighted by Gasteiger charge is -2.12. The molecule has 1 aromatic carbocycles. The number of amides is 1. The summed E-state index contributed by atoms with van der Waals surface area (Å²) >= 11 is 6.24. The molecule has 1 amide bonds. The zero-order chi connectivity index (χ0) is 22.5. The number of nitrogens with zero attached hydrogens (tertiary/aromatic N) is 2. The van der Waals surface area contributed by atoms with E-state index in [1.807, 2.05) is 0 Å². The van der Waals surface area contributed by atoms with Gasteiger partial charge in [-0.15, -0.1) is 0 Å². The Bertz CT molecular complexity index is 1240. The number of carbonyl (C=O) groups excluding carboxylic acids is 1. The lowest BCUT2D eigenvalue weighted by atomic mass is 10.1. The predicted octanol–water partition coefficient (Wildman–Crippen LogP) is 3.94. The molecule has 2 N–H and O–H groups in total. The molecular weight excluding hydrogens is 419 g/mol. The van der Waals surface area contributed by atoms with Gasteiger partial charge in [-0.05, 0) is 31.0 Å². The number of aromatic nitrogens is 3. The van der Waals surface area contributed by atoms with E-state index in [9.17, 15) is 9.59 Å². The Balaban J connectivity index is 2.02. The molecule has 0 aliphatic heterocycles. The van der Waals surface area contributed by atoms with Crippen LogP contribution in [-0.4, -0.2) is 20.9 Å². The van der Waals surface area contributed by atoms with Crippen molar-refractivity contribution in [1.29, 1.82) is 0 Å². The van der Waals surface area contributed by atoms with Gasteiger partial charge in [0.25, 0.3) is 5.56 Å². The zero-order valence-corrected chi connectivity index (χ0v) is 18.0. The van der Waals surface area contributed by atoms with Crippen molar-refractivity contribution < 1.29 is 9.18 Å². The van der Waals surface area contributed by atoms with Crippen LogP contribution in [0.15, 0.2) is 41.3 Å². The summed E-state index contributed by atoms with van der Waals surface area (Å²) in [5.41, 5.74) is 1.19. The Hall–Kier alpha value is -3.50. The molecule has 0 aliphatic rings. The summed E-state index contributed by atoms with van der Waals surface area (Å²) < 4.78 is 15.2. The number of carbonyl (C=O) groups is 1. The molecule has 0 saturated carbocycles. The first kappa shape index (κ1) is 22.2. The van der Waals surface area contributed by atoms with Gasteiger partial charge in [-0.3, -0.25) is 9.59 Å². The number of nitrogens with one attached hydrogen (secondary N) is 2. The first-order valence-corrected chi connectivity index (χ1v) is 9.93. The molecule has 0 spiro atoms. The Kier molecular flexibility index (Phi) is 6.83. The third-order valence-electron chi connectivity index (χ3n) is 4.44. The van der Waals surface area contributed by atoms with Crippen molar-refractivity contribution in [2.45, 2.75) is 27.3 Å². The highest BCUT2D eigenvalue weighted by Gasteiger charge is 2.18. The van der Waals surface area contributed by atoms with Crippen LogP contribution in [0.1, 0.15) is 32.0 Å². The van der Waals surface area contributed by atoms with Crippen molar-refractivity contribution in [2.75, 3.05) is 0 Å². The second kappa shape index (κ2) is 9.54. The summed E-state index contributed by atoms with van der Waals surface area (Å²) in [7, 11) is 0. The van der Waals surface area contributed by atoms with Crippen molar-refractivity contribution in [3.05, 3.63) is 69.0 Å². The molecule has 0 saturated heterocycles. The third kappa shape index (κ3) is 5.16. The van der Waals surface area contributed by atoms with Gasteiger partial charge in [-0.2, -0.15) is 0 Å². The van der Waals surface area contributed by atoms with Crippen molar-refractivity contribution in [2.24, 2.45) is 5.92 Å². The normalized spacial score (nSPS) is 10.5. The summed E-state index contributed by atoms with van der Waals surface area (Å²) in [5.74, 6) is 4.49. The minimum Gasteiger partial charge on any atom is -0.352 e. The van der Waals surface area contributed by atoms with Crippen LogP contribution in [0.3, 0.4) is 0 Å².